The van der Waals surface area contributed by atoms with E-state index < -0.39 is 16.1 Å². The van der Waals surface area contributed by atoms with Gasteiger partial charge in [-0.25, -0.2) is 13.1 Å². The van der Waals surface area contributed by atoms with Crippen molar-refractivity contribution in [1.82, 2.24) is 9.71 Å². The van der Waals surface area contributed by atoms with Gasteiger partial charge in [0.05, 0.1) is 17.0 Å². The van der Waals surface area contributed by atoms with Crippen molar-refractivity contribution in [3.8, 4) is 5.75 Å². The molecule has 21 heavy (non-hydrogen) atoms. The van der Waals surface area contributed by atoms with E-state index in [-0.39, 0.29) is 9.92 Å². The first-order valence-corrected chi connectivity index (χ1v) is 8.06. The number of nitrogens with zero attached hydrogens (tertiary/aromatic N) is 1. The summed E-state index contributed by atoms with van der Waals surface area (Å²) in [7, 11) is -2.20. The van der Waals surface area contributed by atoms with E-state index in [1.807, 2.05) is 0 Å². The summed E-state index contributed by atoms with van der Waals surface area (Å²) in [5, 5.41) is 0.245. The van der Waals surface area contributed by atoms with Crippen LogP contribution in [0.2, 0.25) is 5.02 Å². The number of aromatic nitrogens is 1. The Balaban J connectivity index is 2.24. The van der Waals surface area contributed by atoms with Crippen LogP contribution in [-0.4, -0.2) is 20.5 Å². The molecule has 0 aliphatic carbocycles. The Hall–Kier alpha value is -1.63. The quantitative estimate of drug-likeness (QED) is 0.917. The molecular weight excluding hydrogens is 312 g/mol. The predicted molar refractivity (Wildman–Crippen MR) is 81.0 cm³/mol. The van der Waals surface area contributed by atoms with Gasteiger partial charge in [0.15, 0.2) is 0 Å². The maximum absolute atomic E-state index is 12.3. The van der Waals surface area contributed by atoms with Gasteiger partial charge in [-0.2, -0.15) is 0 Å². The van der Waals surface area contributed by atoms with Crippen molar-refractivity contribution in [3.63, 3.8) is 0 Å². The van der Waals surface area contributed by atoms with Gasteiger partial charge in [-0.3, -0.25) is 4.98 Å². The van der Waals surface area contributed by atoms with Crippen molar-refractivity contribution in [2.24, 2.45) is 0 Å². The van der Waals surface area contributed by atoms with E-state index in [4.69, 9.17) is 16.3 Å². The van der Waals surface area contributed by atoms with Gasteiger partial charge >= 0.3 is 0 Å². The molecule has 2 rings (SSSR count). The Morgan fingerprint density at radius 3 is 2.67 bits per heavy atom. The van der Waals surface area contributed by atoms with Crippen molar-refractivity contribution < 1.29 is 13.2 Å². The van der Waals surface area contributed by atoms with Gasteiger partial charge in [0.1, 0.15) is 5.75 Å². The molecule has 0 fully saturated rings. The van der Waals surface area contributed by atoms with Gasteiger partial charge in [-0.15, -0.1) is 0 Å². The Kier molecular flexibility index (Phi) is 4.82. The third-order valence-electron chi connectivity index (χ3n) is 2.95. The summed E-state index contributed by atoms with van der Waals surface area (Å²) in [6.07, 6.45) is 3.25. The Bertz CT molecular complexity index is 720. The summed E-state index contributed by atoms with van der Waals surface area (Å²) in [5.74, 6) is 0.427. The van der Waals surface area contributed by atoms with E-state index in [1.165, 1.54) is 25.3 Å². The molecule has 1 N–H and O–H groups in total. The molecule has 0 saturated heterocycles. The third kappa shape index (κ3) is 3.72. The zero-order valence-electron chi connectivity index (χ0n) is 11.6. The summed E-state index contributed by atoms with van der Waals surface area (Å²) in [6.45, 7) is 1.75. The van der Waals surface area contributed by atoms with Crippen molar-refractivity contribution in [2.45, 2.75) is 17.9 Å². The third-order valence-corrected chi connectivity index (χ3v) is 4.78. The lowest BCUT2D eigenvalue weighted by Crippen LogP contribution is -2.27. The van der Waals surface area contributed by atoms with Crippen LogP contribution in [0.4, 0.5) is 0 Å². The zero-order valence-corrected chi connectivity index (χ0v) is 13.1. The molecular formula is C14H15ClN2O3S. The van der Waals surface area contributed by atoms with Gasteiger partial charge in [0.2, 0.25) is 10.0 Å². The van der Waals surface area contributed by atoms with Crippen molar-refractivity contribution >= 4 is 21.6 Å². The number of ether oxygens (including phenoxy) is 1. The fourth-order valence-corrected chi connectivity index (χ4v) is 3.40. The predicted octanol–water partition coefficient (Wildman–Crippen LogP) is 2.78. The number of rotatable bonds is 5. The average Bonchev–Trinajstić information content (AvgIpc) is 2.47. The largest absolute Gasteiger partial charge is 0.495 e. The van der Waals surface area contributed by atoms with Crippen LogP contribution in [0.1, 0.15) is 18.5 Å². The van der Waals surface area contributed by atoms with E-state index in [9.17, 15) is 8.42 Å². The minimum absolute atomic E-state index is 0.0871. The summed E-state index contributed by atoms with van der Waals surface area (Å²) in [4.78, 5) is 4.06. The molecule has 0 aliphatic heterocycles. The molecule has 0 unspecified atom stereocenters. The first kappa shape index (κ1) is 15.8. The summed E-state index contributed by atoms with van der Waals surface area (Å²) in [6, 6.07) is 7.49. The molecule has 1 aromatic heterocycles. The number of hydrogen-bond donors (Lipinski definition) is 1. The Morgan fingerprint density at radius 1 is 1.33 bits per heavy atom. The highest BCUT2D eigenvalue weighted by Crippen LogP contribution is 2.27. The van der Waals surface area contributed by atoms with Gasteiger partial charge in [-0.05, 0) is 36.8 Å². The fourth-order valence-electron chi connectivity index (χ4n) is 1.82. The van der Waals surface area contributed by atoms with Crippen LogP contribution in [0.5, 0.6) is 5.75 Å². The minimum atomic E-state index is -3.67. The second-order valence-electron chi connectivity index (χ2n) is 4.43. The molecule has 0 amide bonds. The average molecular weight is 327 g/mol. The number of hydrogen-bond acceptors (Lipinski definition) is 4. The molecule has 0 spiro atoms. The van der Waals surface area contributed by atoms with Crippen LogP contribution < -0.4 is 9.46 Å². The Morgan fingerprint density at radius 2 is 2.10 bits per heavy atom. The second-order valence-corrected chi connectivity index (χ2v) is 6.55. The van der Waals surface area contributed by atoms with E-state index in [0.717, 1.165) is 5.56 Å². The minimum Gasteiger partial charge on any atom is -0.495 e. The maximum Gasteiger partial charge on any atom is 0.241 e. The SMILES string of the molecule is COc1ccc(S(=O)(=O)N[C@@H](C)c2cccnc2)cc1Cl. The Labute approximate surface area is 129 Å². The van der Waals surface area contributed by atoms with E-state index in [0.29, 0.717) is 5.75 Å². The first-order valence-electron chi connectivity index (χ1n) is 6.20. The van der Waals surface area contributed by atoms with Crippen molar-refractivity contribution in [3.05, 3.63) is 53.3 Å². The van der Waals surface area contributed by atoms with Crippen LogP contribution in [-0.2, 0) is 10.0 Å². The highest BCUT2D eigenvalue weighted by atomic mass is 35.5. The van der Waals surface area contributed by atoms with E-state index >= 15 is 0 Å². The molecule has 7 heteroatoms. The van der Waals surface area contributed by atoms with Gasteiger partial charge in [0, 0.05) is 18.4 Å². The highest BCUT2D eigenvalue weighted by Gasteiger charge is 2.19. The monoisotopic (exact) mass is 326 g/mol. The number of halogens is 1. The molecule has 1 aromatic carbocycles. The molecule has 0 bridgehead atoms. The molecule has 1 atom stereocenters. The van der Waals surface area contributed by atoms with Gasteiger partial charge in [-0.1, -0.05) is 17.7 Å². The van der Waals surface area contributed by atoms with E-state index in [1.54, 1.807) is 31.5 Å². The normalized spacial score (nSPS) is 12.9. The number of benzene rings is 1. The van der Waals surface area contributed by atoms with Crippen LogP contribution >= 0.6 is 11.6 Å². The molecule has 1 heterocycles. The number of methoxy groups -OCH3 is 1. The van der Waals surface area contributed by atoms with Crippen LogP contribution in [0.3, 0.4) is 0 Å². The van der Waals surface area contributed by atoms with Crippen LogP contribution in [0.25, 0.3) is 0 Å². The lowest BCUT2D eigenvalue weighted by molar-refractivity contribution is 0.414. The topological polar surface area (TPSA) is 68.3 Å². The number of sulfonamides is 1. The van der Waals surface area contributed by atoms with Crippen LogP contribution in [0.15, 0.2) is 47.6 Å². The summed E-state index contributed by atoms with van der Waals surface area (Å²) >= 11 is 5.96. The molecule has 0 saturated carbocycles. The standard InChI is InChI=1S/C14H15ClN2O3S/c1-10(11-4-3-7-16-9-11)17-21(18,19)12-5-6-14(20-2)13(15)8-12/h3-10,17H,1-2H3/t10-/m0/s1. The molecule has 5 nitrogen and oxygen atoms in total. The van der Waals surface area contributed by atoms with Gasteiger partial charge in [0.25, 0.3) is 0 Å². The lowest BCUT2D eigenvalue weighted by Gasteiger charge is -2.14. The molecule has 0 aliphatic rings. The van der Waals surface area contributed by atoms with Crippen LogP contribution in [0, 0.1) is 0 Å². The van der Waals surface area contributed by atoms with E-state index in [2.05, 4.69) is 9.71 Å². The summed E-state index contributed by atoms with van der Waals surface area (Å²) in [5.41, 5.74) is 0.778. The first-order chi connectivity index (χ1) is 9.94. The van der Waals surface area contributed by atoms with Crippen molar-refractivity contribution in [2.75, 3.05) is 7.11 Å². The smallest absolute Gasteiger partial charge is 0.241 e. The van der Waals surface area contributed by atoms with Gasteiger partial charge < -0.3 is 4.74 Å². The summed E-state index contributed by atoms with van der Waals surface area (Å²) < 4.78 is 32.3. The molecule has 112 valence electrons. The molecule has 2 aromatic rings. The maximum atomic E-state index is 12.3. The lowest BCUT2D eigenvalue weighted by atomic mass is 10.2. The number of nitrogens with one attached hydrogen (secondary N) is 1. The number of pyridine rings is 1. The fraction of sp³-hybridized carbons (Fsp3) is 0.214. The van der Waals surface area contributed by atoms with Crippen molar-refractivity contribution in [1.29, 1.82) is 0 Å². The molecule has 0 radical (unpaired) electrons. The zero-order chi connectivity index (χ0) is 15.5. The highest BCUT2D eigenvalue weighted by molar-refractivity contribution is 7.89. The second kappa shape index (κ2) is 6.43.